The summed E-state index contributed by atoms with van der Waals surface area (Å²) in [7, 11) is -1.96. The van der Waals surface area contributed by atoms with E-state index >= 15 is 0 Å². The summed E-state index contributed by atoms with van der Waals surface area (Å²) >= 11 is 1.21. The van der Waals surface area contributed by atoms with E-state index in [-0.39, 0.29) is 5.97 Å². The largest absolute Gasteiger partial charge is 0.469 e. The summed E-state index contributed by atoms with van der Waals surface area (Å²) in [6, 6.07) is 3.30. The smallest absolute Gasteiger partial charge is 0.305 e. The fraction of sp³-hybridized carbons (Fsp3) is 0.583. The van der Waals surface area contributed by atoms with E-state index in [0.717, 1.165) is 25.7 Å². The predicted molar refractivity (Wildman–Crippen MR) is 74.6 cm³/mol. The lowest BCUT2D eigenvalue weighted by molar-refractivity contribution is -0.140. The molecule has 1 aromatic heterocycles. The Morgan fingerprint density at radius 1 is 1.32 bits per heavy atom. The monoisotopic (exact) mass is 305 g/mol. The van der Waals surface area contributed by atoms with Crippen LogP contribution in [0.5, 0.6) is 0 Å². The molecule has 1 N–H and O–H groups in total. The maximum Gasteiger partial charge on any atom is 0.305 e. The molecule has 0 aliphatic heterocycles. The van der Waals surface area contributed by atoms with Gasteiger partial charge in [0.1, 0.15) is 4.21 Å². The molecule has 0 aromatic carbocycles. The van der Waals surface area contributed by atoms with Crippen molar-refractivity contribution in [2.24, 2.45) is 0 Å². The minimum absolute atomic E-state index is 0.196. The number of unbranched alkanes of at least 4 members (excludes halogenated alkanes) is 3. The quantitative estimate of drug-likeness (QED) is 0.560. The minimum Gasteiger partial charge on any atom is -0.469 e. The van der Waals surface area contributed by atoms with Crippen molar-refractivity contribution < 1.29 is 17.9 Å². The number of carbonyl (C=O) groups excluding carboxylic acids is 1. The van der Waals surface area contributed by atoms with Gasteiger partial charge >= 0.3 is 5.97 Å². The third-order valence-corrected chi connectivity index (χ3v) is 5.45. The van der Waals surface area contributed by atoms with Crippen molar-refractivity contribution in [1.82, 2.24) is 4.72 Å². The second-order valence-corrected chi connectivity index (χ2v) is 7.01. The Bertz CT molecular complexity index is 468. The van der Waals surface area contributed by atoms with E-state index < -0.39 is 10.0 Å². The summed E-state index contributed by atoms with van der Waals surface area (Å²) < 4.78 is 30.9. The lowest BCUT2D eigenvalue weighted by Gasteiger charge is -2.04. The van der Waals surface area contributed by atoms with Gasteiger partial charge in [0, 0.05) is 13.0 Å². The number of thiophene rings is 1. The number of hydrogen-bond donors (Lipinski definition) is 1. The van der Waals surface area contributed by atoms with Gasteiger partial charge in [-0.05, 0) is 24.3 Å². The highest BCUT2D eigenvalue weighted by atomic mass is 32.2. The van der Waals surface area contributed by atoms with Crippen molar-refractivity contribution in [3.63, 3.8) is 0 Å². The van der Waals surface area contributed by atoms with Crippen LogP contribution in [0.2, 0.25) is 0 Å². The first-order valence-corrected chi connectivity index (χ1v) is 8.52. The van der Waals surface area contributed by atoms with Crippen molar-refractivity contribution in [2.45, 2.75) is 36.3 Å². The SMILES string of the molecule is COC(=O)CCCCCCNS(=O)(=O)c1cccs1. The van der Waals surface area contributed by atoms with Crippen LogP contribution in [0.25, 0.3) is 0 Å². The molecule has 19 heavy (non-hydrogen) atoms. The second kappa shape index (κ2) is 8.29. The molecule has 5 nitrogen and oxygen atoms in total. The summed E-state index contributed by atoms with van der Waals surface area (Å²) in [4.78, 5) is 10.9. The number of methoxy groups -OCH3 is 1. The van der Waals surface area contributed by atoms with Crippen LogP contribution in [0.3, 0.4) is 0 Å². The van der Waals surface area contributed by atoms with Crippen LogP contribution in [0, 0.1) is 0 Å². The van der Waals surface area contributed by atoms with E-state index in [4.69, 9.17) is 0 Å². The molecule has 0 aliphatic carbocycles. The number of nitrogens with one attached hydrogen (secondary N) is 1. The summed E-state index contributed by atoms with van der Waals surface area (Å²) in [6.45, 7) is 0.429. The molecule has 1 heterocycles. The van der Waals surface area contributed by atoms with Gasteiger partial charge in [-0.2, -0.15) is 0 Å². The molecule has 0 amide bonds. The molecule has 1 rings (SSSR count). The lowest BCUT2D eigenvalue weighted by Crippen LogP contribution is -2.23. The standard InChI is InChI=1S/C12H19NO4S2/c1-17-11(14)7-4-2-3-5-9-13-19(15,16)12-8-6-10-18-12/h6,8,10,13H,2-5,7,9H2,1H3. The van der Waals surface area contributed by atoms with Crippen LogP contribution in [0.4, 0.5) is 0 Å². The molecule has 0 bridgehead atoms. The molecule has 0 fully saturated rings. The van der Waals surface area contributed by atoms with Gasteiger partial charge in [0.25, 0.3) is 0 Å². The number of hydrogen-bond acceptors (Lipinski definition) is 5. The molecule has 108 valence electrons. The third-order valence-electron chi connectivity index (χ3n) is 2.59. The van der Waals surface area contributed by atoms with Crippen molar-refractivity contribution >= 4 is 27.3 Å². The molecule has 0 saturated heterocycles. The average molecular weight is 305 g/mol. The first-order valence-electron chi connectivity index (χ1n) is 6.16. The molecular weight excluding hydrogens is 286 g/mol. The van der Waals surface area contributed by atoms with Gasteiger partial charge < -0.3 is 4.74 Å². The zero-order valence-corrected chi connectivity index (χ0v) is 12.6. The van der Waals surface area contributed by atoms with E-state index in [1.807, 2.05) is 0 Å². The van der Waals surface area contributed by atoms with Crippen LogP contribution in [0.15, 0.2) is 21.7 Å². The Kier molecular flexibility index (Phi) is 7.04. The first-order chi connectivity index (χ1) is 9.06. The summed E-state index contributed by atoms with van der Waals surface area (Å²) in [5.74, 6) is -0.196. The first kappa shape index (κ1) is 16.1. The van der Waals surface area contributed by atoms with Crippen LogP contribution < -0.4 is 4.72 Å². The molecule has 0 atom stereocenters. The Morgan fingerprint density at radius 3 is 2.68 bits per heavy atom. The molecule has 0 aliphatic rings. The van der Waals surface area contributed by atoms with Gasteiger partial charge in [-0.25, -0.2) is 13.1 Å². The average Bonchev–Trinajstić information content (AvgIpc) is 2.91. The highest BCUT2D eigenvalue weighted by Gasteiger charge is 2.13. The molecular formula is C12H19NO4S2. The maximum absolute atomic E-state index is 11.7. The Labute approximate surface area is 118 Å². The van der Waals surface area contributed by atoms with E-state index in [1.165, 1.54) is 18.4 Å². The summed E-state index contributed by atoms with van der Waals surface area (Å²) in [5.41, 5.74) is 0. The highest BCUT2D eigenvalue weighted by Crippen LogP contribution is 2.15. The second-order valence-electron chi connectivity index (χ2n) is 4.07. The van der Waals surface area contributed by atoms with E-state index in [0.29, 0.717) is 17.2 Å². The number of ether oxygens (including phenoxy) is 1. The predicted octanol–water partition coefficient (Wildman–Crippen LogP) is 2.15. The number of esters is 1. The fourth-order valence-electron chi connectivity index (χ4n) is 1.54. The van der Waals surface area contributed by atoms with Gasteiger partial charge in [-0.1, -0.05) is 18.9 Å². The zero-order chi connectivity index (χ0) is 14.1. The minimum atomic E-state index is -3.33. The van der Waals surface area contributed by atoms with Gasteiger partial charge in [-0.3, -0.25) is 4.79 Å². The maximum atomic E-state index is 11.7. The number of carbonyl (C=O) groups is 1. The van der Waals surface area contributed by atoms with Crippen LogP contribution >= 0.6 is 11.3 Å². The normalized spacial score (nSPS) is 11.4. The van der Waals surface area contributed by atoms with Gasteiger partial charge in [0.15, 0.2) is 0 Å². The Morgan fingerprint density at radius 2 is 2.05 bits per heavy atom. The van der Waals surface area contributed by atoms with Crippen molar-refractivity contribution in [1.29, 1.82) is 0 Å². The van der Waals surface area contributed by atoms with Crippen molar-refractivity contribution in [2.75, 3.05) is 13.7 Å². The molecule has 0 unspecified atom stereocenters. The summed E-state index contributed by atoms with van der Waals surface area (Å²) in [5, 5.41) is 1.74. The zero-order valence-electron chi connectivity index (χ0n) is 10.9. The van der Waals surface area contributed by atoms with E-state index in [9.17, 15) is 13.2 Å². The van der Waals surface area contributed by atoms with Crippen molar-refractivity contribution in [3.8, 4) is 0 Å². The molecule has 0 radical (unpaired) electrons. The highest BCUT2D eigenvalue weighted by molar-refractivity contribution is 7.91. The molecule has 7 heteroatoms. The number of rotatable bonds is 9. The molecule has 0 spiro atoms. The van der Waals surface area contributed by atoms with Crippen molar-refractivity contribution in [3.05, 3.63) is 17.5 Å². The lowest BCUT2D eigenvalue weighted by atomic mass is 10.1. The Hall–Kier alpha value is -0.920. The van der Waals surface area contributed by atoms with E-state index in [2.05, 4.69) is 9.46 Å². The van der Waals surface area contributed by atoms with Crippen LogP contribution in [-0.2, 0) is 19.6 Å². The topological polar surface area (TPSA) is 72.5 Å². The summed E-state index contributed by atoms with van der Waals surface area (Å²) in [6.07, 6.45) is 3.77. The Balaban J connectivity index is 2.10. The molecule has 1 aromatic rings. The third kappa shape index (κ3) is 6.17. The molecule has 0 saturated carbocycles. The fourth-order valence-corrected chi connectivity index (χ4v) is 3.66. The van der Waals surface area contributed by atoms with Gasteiger partial charge in [-0.15, -0.1) is 11.3 Å². The van der Waals surface area contributed by atoms with Crippen LogP contribution in [0.1, 0.15) is 32.1 Å². The van der Waals surface area contributed by atoms with Gasteiger partial charge in [0.05, 0.1) is 7.11 Å². The van der Waals surface area contributed by atoms with Crippen LogP contribution in [-0.4, -0.2) is 28.0 Å². The van der Waals surface area contributed by atoms with E-state index in [1.54, 1.807) is 17.5 Å². The number of sulfonamides is 1. The van der Waals surface area contributed by atoms with Gasteiger partial charge in [0.2, 0.25) is 10.0 Å².